The van der Waals surface area contributed by atoms with E-state index in [4.69, 9.17) is 4.74 Å². The Morgan fingerprint density at radius 3 is 2.89 bits per heavy atom. The second kappa shape index (κ2) is 6.82. The first-order chi connectivity index (χ1) is 8.83. The third-order valence-electron chi connectivity index (χ3n) is 3.82. The zero-order chi connectivity index (χ0) is 12.4. The van der Waals surface area contributed by atoms with Crippen molar-refractivity contribution >= 4 is 34.0 Å². The Kier molecular flexibility index (Phi) is 5.37. The Morgan fingerprint density at radius 1 is 1.32 bits per heavy atom. The molecule has 1 aromatic rings. The minimum absolute atomic E-state index is 0. The van der Waals surface area contributed by atoms with Gasteiger partial charge < -0.3 is 15.0 Å². The molecular formula is C14H20BrClN2O. The highest BCUT2D eigenvalue weighted by Crippen LogP contribution is 2.35. The molecule has 3 nitrogen and oxygen atoms in total. The van der Waals surface area contributed by atoms with Gasteiger partial charge in [0.2, 0.25) is 0 Å². The number of rotatable bonds is 2. The first-order valence-electron chi connectivity index (χ1n) is 6.71. The van der Waals surface area contributed by atoms with E-state index < -0.39 is 0 Å². The summed E-state index contributed by atoms with van der Waals surface area (Å²) in [5.74, 6) is 1.84. The average Bonchev–Trinajstić information content (AvgIpc) is 2.41. The number of hydrogen-bond acceptors (Lipinski definition) is 3. The molecule has 0 unspecified atom stereocenters. The predicted molar refractivity (Wildman–Crippen MR) is 84.7 cm³/mol. The van der Waals surface area contributed by atoms with Crippen molar-refractivity contribution in [1.82, 2.24) is 5.32 Å². The molecule has 0 spiro atoms. The van der Waals surface area contributed by atoms with E-state index in [1.807, 2.05) is 6.07 Å². The summed E-state index contributed by atoms with van der Waals surface area (Å²) in [4.78, 5) is 2.49. The first kappa shape index (κ1) is 14.9. The first-order valence-corrected chi connectivity index (χ1v) is 7.50. The molecule has 19 heavy (non-hydrogen) atoms. The number of nitrogens with zero attached hydrogens (tertiary/aromatic N) is 1. The molecule has 0 saturated carbocycles. The van der Waals surface area contributed by atoms with Crippen molar-refractivity contribution in [2.45, 2.75) is 12.8 Å². The van der Waals surface area contributed by atoms with Crippen molar-refractivity contribution in [2.75, 3.05) is 37.7 Å². The third-order valence-corrected chi connectivity index (χ3v) is 4.31. The molecule has 5 heteroatoms. The van der Waals surface area contributed by atoms with Gasteiger partial charge in [-0.05, 0) is 50.0 Å². The van der Waals surface area contributed by atoms with Crippen LogP contribution in [0.4, 0.5) is 5.69 Å². The largest absolute Gasteiger partial charge is 0.490 e. The highest BCUT2D eigenvalue weighted by atomic mass is 79.9. The number of hydrogen-bond donors (Lipinski definition) is 1. The quantitative estimate of drug-likeness (QED) is 0.890. The zero-order valence-electron chi connectivity index (χ0n) is 10.9. The fraction of sp³-hybridized carbons (Fsp3) is 0.571. The van der Waals surface area contributed by atoms with Crippen LogP contribution < -0.4 is 15.0 Å². The van der Waals surface area contributed by atoms with E-state index in [2.05, 4.69) is 38.3 Å². The second-order valence-electron chi connectivity index (χ2n) is 5.10. The van der Waals surface area contributed by atoms with Crippen LogP contribution in [-0.4, -0.2) is 32.8 Å². The molecule has 0 amide bonds. The Labute approximate surface area is 129 Å². The van der Waals surface area contributed by atoms with Crippen LogP contribution in [0.3, 0.4) is 0 Å². The maximum absolute atomic E-state index is 5.72. The van der Waals surface area contributed by atoms with Gasteiger partial charge in [0.15, 0.2) is 0 Å². The molecule has 2 aliphatic rings. The number of ether oxygens (including phenoxy) is 1. The highest BCUT2D eigenvalue weighted by Gasteiger charge is 2.22. The minimum atomic E-state index is 0. The van der Waals surface area contributed by atoms with Crippen molar-refractivity contribution in [3.05, 3.63) is 22.7 Å². The summed E-state index contributed by atoms with van der Waals surface area (Å²) in [6.07, 6.45) is 2.58. The molecule has 2 heterocycles. The van der Waals surface area contributed by atoms with E-state index in [1.165, 1.54) is 31.6 Å². The SMILES string of the molecule is Brc1ccc2c(c1)N(CC1CCNCC1)CCO2.Cl. The Bertz CT molecular complexity index is 424. The molecule has 0 bridgehead atoms. The van der Waals surface area contributed by atoms with Gasteiger partial charge in [-0.3, -0.25) is 0 Å². The van der Waals surface area contributed by atoms with Gasteiger partial charge in [0, 0.05) is 11.0 Å². The van der Waals surface area contributed by atoms with Crippen LogP contribution in [-0.2, 0) is 0 Å². The summed E-state index contributed by atoms with van der Waals surface area (Å²) in [5, 5.41) is 3.43. The summed E-state index contributed by atoms with van der Waals surface area (Å²) >= 11 is 3.55. The number of anilines is 1. The average molecular weight is 348 g/mol. The Morgan fingerprint density at radius 2 is 2.11 bits per heavy atom. The van der Waals surface area contributed by atoms with Crippen molar-refractivity contribution in [3.63, 3.8) is 0 Å². The number of halogens is 2. The monoisotopic (exact) mass is 346 g/mol. The Balaban J connectivity index is 0.00000133. The van der Waals surface area contributed by atoms with Crippen LogP contribution in [0.15, 0.2) is 22.7 Å². The molecule has 2 aliphatic heterocycles. The molecule has 1 saturated heterocycles. The molecule has 0 aromatic heterocycles. The van der Waals surface area contributed by atoms with Gasteiger partial charge in [-0.25, -0.2) is 0 Å². The summed E-state index contributed by atoms with van der Waals surface area (Å²) in [5.41, 5.74) is 1.24. The van der Waals surface area contributed by atoms with Gasteiger partial charge >= 0.3 is 0 Å². The number of fused-ring (bicyclic) bond motifs is 1. The topological polar surface area (TPSA) is 24.5 Å². The van der Waals surface area contributed by atoms with E-state index in [9.17, 15) is 0 Å². The van der Waals surface area contributed by atoms with E-state index in [0.29, 0.717) is 0 Å². The van der Waals surface area contributed by atoms with Crippen molar-refractivity contribution in [2.24, 2.45) is 5.92 Å². The van der Waals surface area contributed by atoms with Crippen molar-refractivity contribution in [1.29, 1.82) is 0 Å². The van der Waals surface area contributed by atoms with Gasteiger partial charge in [-0.15, -0.1) is 12.4 Å². The summed E-state index contributed by atoms with van der Waals surface area (Å²) in [6, 6.07) is 6.29. The molecule has 106 valence electrons. The lowest BCUT2D eigenvalue weighted by Crippen LogP contribution is -2.40. The summed E-state index contributed by atoms with van der Waals surface area (Å²) < 4.78 is 6.85. The lowest BCUT2D eigenvalue weighted by atomic mass is 9.97. The van der Waals surface area contributed by atoms with Crippen LogP contribution in [0.1, 0.15) is 12.8 Å². The van der Waals surface area contributed by atoms with E-state index in [0.717, 1.165) is 35.8 Å². The van der Waals surface area contributed by atoms with Gasteiger partial charge in [-0.2, -0.15) is 0 Å². The van der Waals surface area contributed by atoms with Crippen molar-refractivity contribution in [3.8, 4) is 5.75 Å². The normalized spacial score (nSPS) is 19.3. The molecule has 0 atom stereocenters. The van der Waals surface area contributed by atoms with Crippen LogP contribution in [0, 0.1) is 5.92 Å². The minimum Gasteiger partial charge on any atom is -0.490 e. The van der Waals surface area contributed by atoms with Crippen LogP contribution >= 0.6 is 28.3 Å². The molecule has 1 aromatic carbocycles. The van der Waals surface area contributed by atoms with Crippen LogP contribution in [0.5, 0.6) is 5.75 Å². The molecular weight excluding hydrogens is 328 g/mol. The van der Waals surface area contributed by atoms with Gasteiger partial charge in [0.25, 0.3) is 0 Å². The van der Waals surface area contributed by atoms with E-state index in [-0.39, 0.29) is 12.4 Å². The lowest BCUT2D eigenvalue weighted by Gasteiger charge is -2.35. The standard InChI is InChI=1S/C14H19BrN2O.ClH/c15-12-1-2-14-13(9-12)17(7-8-18-14)10-11-3-5-16-6-4-11;/h1-2,9,11,16H,3-8,10H2;1H. The van der Waals surface area contributed by atoms with Crippen LogP contribution in [0.25, 0.3) is 0 Å². The highest BCUT2D eigenvalue weighted by molar-refractivity contribution is 9.10. The summed E-state index contributed by atoms with van der Waals surface area (Å²) in [6.45, 7) is 5.31. The van der Waals surface area contributed by atoms with Gasteiger partial charge in [0.05, 0.1) is 12.2 Å². The third kappa shape index (κ3) is 3.56. The maximum Gasteiger partial charge on any atom is 0.142 e. The lowest BCUT2D eigenvalue weighted by molar-refractivity contribution is 0.295. The summed E-state index contributed by atoms with van der Waals surface area (Å²) in [7, 11) is 0. The fourth-order valence-electron chi connectivity index (χ4n) is 2.81. The number of benzene rings is 1. The van der Waals surface area contributed by atoms with Crippen molar-refractivity contribution < 1.29 is 4.74 Å². The zero-order valence-corrected chi connectivity index (χ0v) is 13.3. The molecule has 0 radical (unpaired) electrons. The second-order valence-corrected chi connectivity index (χ2v) is 6.02. The Hall–Kier alpha value is -0.450. The van der Waals surface area contributed by atoms with Gasteiger partial charge in [-0.1, -0.05) is 15.9 Å². The van der Waals surface area contributed by atoms with Crippen LogP contribution in [0.2, 0.25) is 0 Å². The maximum atomic E-state index is 5.72. The number of nitrogens with one attached hydrogen (secondary N) is 1. The van der Waals surface area contributed by atoms with Gasteiger partial charge in [0.1, 0.15) is 12.4 Å². The van der Waals surface area contributed by atoms with E-state index >= 15 is 0 Å². The molecule has 1 N–H and O–H groups in total. The smallest absolute Gasteiger partial charge is 0.142 e. The number of piperidine rings is 1. The van der Waals surface area contributed by atoms with E-state index in [1.54, 1.807) is 0 Å². The fourth-order valence-corrected chi connectivity index (χ4v) is 3.16. The molecule has 0 aliphatic carbocycles. The predicted octanol–water partition coefficient (Wildman–Crippen LogP) is 3.07. The molecule has 3 rings (SSSR count). The molecule has 1 fully saturated rings.